The summed E-state index contributed by atoms with van der Waals surface area (Å²) in [4.78, 5) is 26.8. The van der Waals surface area contributed by atoms with Gasteiger partial charge in [-0.2, -0.15) is 0 Å². The van der Waals surface area contributed by atoms with Gasteiger partial charge in [0, 0.05) is 18.1 Å². The SMILES string of the molecule is COc1ccc(Cl)cc1NC(=O)C1CC1C(=O)N1CCC(C)CC1. The first-order valence-electron chi connectivity index (χ1n) is 8.42. The maximum Gasteiger partial charge on any atom is 0.228 e. The van der Waals surface area contributed by atoms with Crippen LogP contribution in [-0.4, -0.2) is 36.9 Å². The summed E-state index contributed by atoms with van der Waals surface area (Å²) in [6.07, 6.45) is 2.73. The minimum atomic E-state index is -0.250. The van der Waals surface area contributed by atoms with Gasteiger partial charge in [0.2, 0.25) is 11.8 Å². The van der Waals surface area contributed by atoms with E-state index in [0.29, 0.717) is 28.8 Å². The van der Waals surface area contributed by atoms with Gasteiger partial charge in [0.1, 0.15) is 5.75 Å². The lowest BCUT2D eigenvalue weighted by molar-refractivity contribution is -0.135. The van der Waals surface area contributed by atoms with E-state index in [1.807, 2.05) is 4.90 Å². The number of anilines is 1. The zero-order valence-electron chi connectivity index (χ0n) is 14.0. The van der Waals surface area contributed by atoms with Crippen LogP contribution in [0.3, 0.4) is 0 Å². The average Bonchev–Trinajstić information content (AvgIpc) is 3.36. The molecule has 3 rings (SSSR count). The van der Waals surface area contributed by atoms with Gasteiger partial charge in [0.25, 0.3) is 0 Å². The molecule has 2 atom stereocenters. The Bertz CT molecular complexity index is 641. The van der Waals surface area contributed by atoms with E-state index in [1.165, 1.54) is 0 Å². The number of halogens is 1. The van der Waals surface area contributed by atoms with Crippen LogP contribution in [-0.2, 0) is 9.59 Å². The standard InChI is InChI=1S/C18H23ClN2O3/c1-11-5-7-21(8-6-11)18(23)14-10-13(14)17(22)20-15-9-12(19)3-4-16(15)24-2/h3-4,9,11,13-14H,5-8,10H2,1-2H3,(H,20,22). The van der Waals surface area contributed by atoms with Crippen LogP contribution in [0.25, 0.3) is 0 Å². The Labute approximate surface area is 147 Å². The van der Waals surface area contributed by atoms with E-state index in [-0.39, 0.29) is 23.7 Å². The highest BCUT2D eigenvalue weighted by Crippen LogP contribution is 2.42. The molecular weight excluding hydrogens is 328 g/mol. The van der Waals surface area contributed by atoms with Crippen molar-refractivity contribution < 1.29 is 14.3 Å². The van der Waals surface area contributed by atoms with E-state index in [0.717, 1.165) is 25.9 Å². The van der Waals surface area contributed by atoms with Gasteiger partial charge >= 0.3 is 0 Å². The molecule has 130 valence electrons. The second-order valence-electron chi connectivity index (χ2n) is 6.79. The molecule has 5 nitrogen and oxygen atoms in total. The molecule has 1 aromatic rings. The van der Waals surface area contributed by atoms with Gasteiger partial charge < -0.3 is 15.0 Å². The van der Waals surface area contributed by atoms with E-state index in [4.69, 9.17) is 16.3 Å². The van der Waals surface area contributed by atoms with Crippen LogP contribution in [0.1, 0.15) is 26.2 Å². The molecule has 1 aliphatic heterocycles. The van der Waals surface area contributed by atoms with E-state index in [2.05, 4.69) is 12.2 Å². The first-order chi connectivity index (χ1) is 11.5. The number of carbonyl (C=O) groups excluding carboxylic acids is 2. The van der Waals surface area contributed by atoms with Crippen LogP contribution in [0.5, 0.6) is 5.75 Å². The fourth-order valence-electron chi connectivity index (χ4n) is 3.22. The molecule has 0 spiro atoms. The van der Waals surface area contributed by atoms with Gasteiger partial charge in [-0.3, -0.25) is 9.59 Å². The highest BCUT2D eigenvalue weighted by molar-refractivity contribution is 6.31. The summed E-state index contributed by atoms with van der Waals surface area (Å²) in [5.41, 5.74) is 0.542. The molecule has 0 aromatic heterocycles. The Balaban J connectivity index is 1.58. The predicted octanol–water partition coefficient (Wildman–Crippen LogP) is 3.18. The van der Waals surface area contributed by atoms with Crippen molar-refractivity contribution in [1.29, 1.82) is 0 Å². The quantitative estimate of drug-likeness (QED) is 0.907. The van der Waals surface area contributed by atoms with Crippen LogP contribution in [0, 0.1) is 17.8 Å². The van der Waals surface area contributed by atoms with E-state index >= 15 is 0 Å². The third-order valence-corrected chi connectivity index (χ3v) is 5.19. The van der Waals surface area contributed by atoms with Crippen LogP contribution < -0.4 is 10.1 Å². The van der Waals surface area contributed by atoms with Crippen LogP contribution in [0.2, 0.25) is 5.02 Å². The Hall–Kier alpha value is -1.75. The molecule has 1 aromatic carbocycles. The third-order valence-electron chi connectivity index (χ3n) is 4.96. The summed E-state index contributed by atoms with van der Waals surface area (Å²) in [5, 5.41) is 3.36. The van der Waals surface area contributed by atoms with Crippen LogP contribution >= 0.6 is 11.6 Å². The predicted molar refractivity (Wildman–Crippen MR) is 93.2 cm³/mol. The van der Waals surface area contributed by atoms with Crippen molar-refractivity contribution in [2.24, 2.45) is 17.8 Å². The summed E-state index contributed by atoms with van der Waals surface area (Å²) in [6, 6.07) is 5.07. The zero-order chi connectivity index (χ0) is 17.3. The lowest BCUT2D eigenvalue weighted by atomic mass is 9.99. The Morgan fingerprint density at radius 2 is 1.96 bits per heavy atom. The first kappa shape index (κ1) is 17.1. The molecule has 2 aliphatic rings. The number of amides is 2. The third kappa shape index (κ3) is 3.66. The highest BCUT2D eigenvalue weighted by atomic mass is 35.5. The molecule has 2 amide bonds. The summed E-state index contributed by atoms with van der Waals surface area (Å²) in [6.45, 7) is 3.84. The van der Waals surface area contributed by atoms with Gasteiger partial charge in [-0.25, -0.2) is 0 Å². The molecule has 1 aliphatic carbocycles. The Kier molecular flexibility index (Phi) is 4.99. The smallest absolute Gasteiger partial charge is 0.228 e. The molecule has 0 radical (unpaired) electrons. The molecule has 6 heteroatoms. The fourth-order valence-corrected chi connectivity index (χ4v) is 3.40. The van der Waals surface area contributed by atoms with Gasteiger partial charge in [0.15, 0.2) is 0 Å². The van der Waals surface area contributed by atoms with E-state index in [9.17, 15) is 9.59 Å². The molecule has 2 fully saturated rings. The number of ether oxygens (including phenoxy) is 1. The van der Waals surface area contributed by atoms with Gasteiger partial charge in [-0.1, -0.05) is 18.5 Å². The second kappa shape index (κ2) is 7.01. The summed E-state index contributed by atoms with van der Waals surface area (Å²) in [7, 11) is 1.54. The lowest BCUT2D eigenvalue weighted by Gasteiger charge is -2.30. The molecule has 1 saturated carbocycles. The number of hydrogen-bond donors (Lipinski definition) is 1. The normalized spacial score (nSPS) is 23.7. The maximum atomic E-state index is 12.5. The van der Waals surface area contributed by atoms with Gasteiger partial charge in [0.05, 0.1) is 24.6 Å². The van der Waals surface area contributed by atoms with E-state index in [1.54, 1.807) is 25.3 Å². The largest absolute Gasteiger partial charge is 0.495 e. The van der Waals surface area contributed by atoms with Crippen molar-refractivity contribution in [1.82, 2.24) is 4.90 Å². The summed E-state index contributed by atoms with van der Waals surface area (Å²) < 4.78 is 5.23. The summed E-state index contributed by atoms with van der Waals surface area (Å²) >= 11 is 5.98. The van der Waals surface area contributed by atoms with Crippen molar-refractivity contribution >= 4 is 29.1 Å². The van der Waals surface area contributed by atoms with Gasteiger partial charge in [-0.05, 0) is 43.4 Å². The van der Waals surface area contributed by atoms with Crippen molar-refractivity contribution in [2.75, 3.05) is 25.5 Å². The molecule has 1 N–H and O–H groups in total. The Morgan fingerprint density at radius 1 is 1.25 bits per heavy atom. The maximum absolute atomic E-state index is 12.5. The highest BCUT2D eigenvalue weighted by Gasteiger charge is 2.49. The topological polar surface area (TPSA) is 58.6 Å². The van der Waals surface area contributed by atoms with Crippen molar-refractivity contribution in [2.45, 2.75) is 26.2 Å². The first-order valence-corrected chi connectivity index (χ1v) is 8.80. The van der Waals surface area contributed by atoms with Crippen LogP contribution in [0.15, 0.2) is 18.2 Å². The van der Waals surface area contributed by atoms with Crippen molar-refractivity contribution in [3.05, 3.63) is 23.2 Å². The lowest BCUT2D eigenvalue weighted by Crippen LogP contribution is -2.39. The number of methoxy groups -OCH3 is 1. The zero-order valence-corrected chi connectivity index (χ0v) is 14.8. The number of carbonyl (C=O) groups is 2. The molecule has 0 bridgehead atoms. The molecular formula is C18H23ClN2O3. The fraction of sp³-hybridized carbons (Fsp3) is 0.556. The number of hydrogen-bond acceptors (Lipinski definition) is 3. The monoisotopic (exact) mass is 350 g/mol. The van der Waals surface area contributed by atoms with Crippen molar-refractivity contribution in [3.8, 4) is 5.75 Å². The second-order valence-corrected chi connectivity index (χ2v) is 7.23. The van der Waals surface area contributed by atoms with E-state index < -0.39 is 0 Å². The molecule has 24 heavy (non-hydrogen) atoms. The number of nitrogens with zero attached hydrogens (tertiary/aromatic N) is 1. The number of benzene rings is 1. The average molecular weight is 351 g/mol. The van der Waals surface area contributed by atoms with Gasteiger partial charge in [-0.15, -0.1) is 0 Å². The number of likely N-dealkylation sites (tertiary alicyclic amines) is 1. The van der Waals surface area contributed by atoms with Crippen molar-refractivity contribution in [3.63, 3.8) is 0 Å². The molecule has 2 unspecified atom stereocenters. The summed E-state index contributed by atoms with van der Waals surface area (Å²) in [5.74, 6) is 0.799. The number of rotatable bonds is 4. The molecule has 1 saturated heterocycles. The minimum Gasteiger partial charge on any atom is -0.495 e. The van der Waals surface area contributed by atoms with Crippen LogP contribution in [0.4, 0.5) is 5.69 Å². The number of piperidine rings is 1. The Morgan fingerprint density at radius 3 is 2.62 bits per heavy atom. The number of nitrogens with one attached hydrogen (secondary N) is 1. The minimum absolute atomic E-state index is 0.125. The molecule has 1 heterocycles.